The van der Waals surface area contributed by atoms with E-state index in [1.165, 1.54) is 0 Å². The molecule has 0 fully saturated rings. The largest absolute Gasteiger partial charge is 0.421 e. The number of aliphatic hydroxyl groups excluding tert-OH is 1. The molecule has 1 aliphatic rings. The predicted molar refractivity (Wildman–Crippen MR) is 64.1 cm³/mol. The highest BCUT2D eigenvalue weighted by molar-refractivity contribution is 5.23. The van der Waals surface area contributed by atoms with Crippen LogP contribution in [0.1, 0.15) is 42.0 Å². The first-order chi connectivity index (χ1) is 9.88. The molecular weight excluding hydrogens is 290 g/mol. The van der Waals surface area contributed by atoms with Crippen LogP contribution in [0.3, 0.4) is 0 Å². The molecule has 0 saturated heterocycles. The minimum Gasteiger partial charge on any atom is -0.377 e. The third-order valence-corrected chi connectivity index (χ3v) is 3.42. The Kier molecular flexibility index (Phi) is 3.20. The topological polar surface area (TPSA) is 50.9 Å². The van der Waals surface area contributed by atoms with E-state index in [1.54, 1.807) is 30.3 Å². The number of rotatable bonds is 2. The second-order valence-electron chi connectivity index (χ2n) is 4.85. The molecule has 1 unspecified atom stereocenters. The van der Waals surface area contributed by atoms with Crippen LogP contribution in [0.4, 0.5) is 17.6 Å². The van der Waals surface area contributed by atoms with Crippen molar-refractivity contribution in [3.05, 3.63) is 47.5 Å². The van der Waals surface area contributed by atoms with Crippen molar-refractivity contribution >= 4 is 0 Å². The molecular formula is C13H11F4N3O. The van der Waals surface area contributed by atoms with Crippen LogP contribution in [-0.4, -0.2) is 26.0 Å². The number of aromatic nitrogens is 3. The van der Waals surface area contributed by atoms with Gasteiger partial charge in [-0.25, -0.2) is 14.1 Å². The van der Waals surface area contributed by atoms with Gasteiger partial charge in [0.25, 0.3) is 0 Å². The zero-order valence-corrected chi connectivity index (χ0v) is 10.6. The normalized spacial score (nSPS) is 23.1. The molecule has 0 aliphatic carbocycles. The molecule has 1 N–H and O–H groups in total. The maximum atomic E-state index is 13.9. The van der Waals surface area contributed by atoms with Gasteiger partial charge in [0, 0.05) is 6.42 Å². The van der Waals surface area contributed by atoms with E-state index in [0.29, 0.717) is 0 Å². The molecule has 0 bridgehead atoms. The molecule has 2 aromatic rings. The minimum atomic E-state index is -4.88. The van der Waals surface area contributed by atoms with Crippen LogP contribution < -0.4 is 0 Å². The first kappa shape index (κ1) is 14.0. The molecule has 3 rings (SSSR count). The van der Waals surface area contributed by atoms with Crippen LogP contribution in [0.5, 0.6) is 0 Å². The van der Waals surface area contributed by atoms with E-state index >= 15 is 0 Å². The van der Waals surface area contributed by atoms with Crippen molar-refractivity contribution in [3.8, 4) is 0 Å². The van der Waals surface area contributed by atoms with Crippen LogP contribution in [0.15, 0.2) is 30.3 Å². The van der Waals surface area contributed by atoms with Gasteiger partial charge in [-0.05, 0) is 5.56 Å². The van der Waals surface area contributed by atoms with Crippen molar-refractivity contribution in [1.82, 2.24) is 14.8 Å². The first-order valence-corrected chi connectivity index (χ1v) is 6.28. The van der Waals surface area contributed by atoms with Gasteiger partial charge >= 0.3 is 6.18 Å². The molecule has 2 heterocycles. The Balaban J connectivity index is 1.99. The van der Waals surface area contributed by atoms with Crippen molar-refractivity contribution in [3.63, 3.8) is 0 Å². The van der Waals surface area contributed by atoms with E-state index in [2.05, 4.69) is 10.1 Å². The molecule has 112 valence electrons. The van der Waals surface area contributed by atoms with Crippen LogP contribution in [-0.2, 0) is 0 Å². The first-order valence-electron chi connectivity index (χ1n) is 6.28. The lowest BCUT2D eigenvalue weighted by Gasteiger charge is -2.13. The summed E-state index contributed by atoms with van der Waals surface area (Å²) in [6, 6.07) is 8.26. The zero-order chi connectivity index (χ0) is 15.2. The summed E-state index contributed by atoms with van der Waals surface area (Å²) in [5.41, 5.74) is 0.733. The Bertz CT molecular complexity index is 641. The molecule has 0 amide bonds. The Hall–Kier alpha value is -1.96. The number of fused-ring (bicyclic) bond motifs is 1. The third kappa shape index (κ3) is 2.39. The Morgan fingerprint density at radius 3 is 2.52 bits per heavy atom. The van der Waals surface area contributed by atoms with Crippen LogP contribution in [0, 0.1) is 0 Å². The monoisotopic (exact) mass is 301 g/mol. The van der Waals surface area contributed by atoms with E-state index in [4.69, 9.17) is 0 Å². The van der Waals surface area contributed by atoms with Gasteiger partial charge in [0.15, 0.2) is 17.8 Å². The molecule has 21 heavy (non-hydrogen) atoms. The second kappa shape index (κ2) is 4.80. The fourth-order valence-electron chi connectivity index (χ4n) is 2.41. The molecule has 8 heteroatoms. The van der Waals surface area contributed by atoms with Gasteiger partial charge in [0.05, 0.1) is 6.04 Å². The fraction of sp³-hybridized carbons (Fsp3) is 0.385. The highest BCUT2D eigenvalue weighted by Gasteiger charge is 2.44. The van der Waals surface area contributed by atoms with Gasteiger partial charge in [-0.3, -0.25) is 0 Å². The molecule has 3 atom stereocenters. The quantitative estimate of drug-likeness (QED) is 0.868. The zero-order valence-electron chi connectivity index (χ0n) is 10.6. The summed E-state index contributed by atoms with van der Waals surface area (Å²) in [6.45, 7) is 0. The van der Waals surface area contributed by atoms with Gasteiger partial charge in [-0.1, -0.05) is 30.3 Å². The highest BCUT2D eigenvalue weighted by Crippen LogP contribution is 2.41. The lowest BCUT2D eigenvalue weighted by Crippen LogP contribution is -2.22. The molecule has 1 aliphatic heterocycles. The summed E-state index contributed by atoms with van der Waals surface area (Å²) in [6.07, 6.45) is -9.12. The lowest BCUT2D eigenvalue weighted by molar-refractivity contribution is -0.209. The van der Waals surface area contributed by atoms with Gasteiger partial charge in [0.2, 0.25) is 6.10 Å². The summed E-state index contributed by atoms with van der Waals surface area (Å²) >= 11 is 0. The number of alkyl halides is 4. The van der Waals surface area contributed by atoms with Crippen molar-refractivity contribution in [1.29, 1.82) is 0 Å². The number of aliphatic hydroxyl groups is 1. The van der Waals surface area contributed by atoms with Crippen molar-refractivity contribution < 1.29 is 22.7 Å². The van der Waals surface area contributed by atoms with Crippen LogP contribution in [0.25, 0.3) is 0 Å². The molecule has 0 saturated carbocycles. The van der Waals surface area contributed by atoms with Gasteiger partial charge in [0.1, 0.15) is 0 Å². The number of halogens is 4. The van der Waals surface area contributed by atoms with Crippen molar-refractivity contribution in [2.75, 3.05) is 0 Å². The highest BCUT2D eigenvalue weighted by atomic mass is 19.4. The maximum Gasteiger partial charge on any atom is 0.421 e. The van der Waals surface area contributed by atoms with Crippen molar-refractivity contribution in [2.24, 2.45) is 0 Å². The summed E-state index contributed by atoms with van der Waals surface area (Å²) in [4.78, 5) is 3.52. The van der Waals surface area contributed by atoms with Crippen LogP contribution in [0.2, 0.25) is 0 Å². The van der Waals surface area contributed by atoms with Gasteiger partial charge in [-0.2, -0.15) is 18.3 Å². The average Bonchev–Trinajstić information content (AvgIpc) is 2.99. The van der Waals surface area contributed by atoms with Gasteiger partial charge < -0.3 is 5.11 Å². The minimum absolute atomic E-state index is 0.0712. The summed E-state index contributed by atoms with van der Waals surface area (Å²) in [5.74, 6) is -0.997. The SMILES string of the molecule is OC(c1nc2n(n1)[C@H](c1ccccc1)C[C@@H]2F)C(F)(F)F. The Morgan fingerprint density at radius 1 is 1.24 bits per heavy atom. The predicted octanol–water partition coefficient (Wildman–Crippen LogP) is 2.88. The van der Waals surface area contributed by atoms with E-state index in [-0.39, 0.29) is 12.2 Å². The Morgan fingerprint density at radius 2 is 1.90 bits per heavy atom. The summed E-state index contributed by atoms with van der Waals surface area (Å²) in [5, 5.41) is 12.8. The molecule has 1 aromatic heterocycles. The van der Waals surface area contributed by atoms with E-state index in [1.807, 2.05) is 0 Å². The molecule has 0 radical (unpaired) electrons. The van der Waals surface area contributed by atoms with Gasteiger partial charge in [-0.15, -0.1) is 0 Å². The fourth-order valence-corrected chi connectivity index (χ4v) is 2.41. The molecule has 0 spiro atoms. The second-order valence-corrected chi connectivity index (χ2v) is 4.85. The maximum absolute atomic E-state index is 13.9. The number of benzene rings is 1. The van der Waals surface area contributed by atoms with E-state index < -0.39 is 30.3 Å². The van der Waals surface area contributed by atoms with E-state index in [0.717, 1.165) is 10.2 Å². The standard InChI is InChI=1S/C13H11F4N3O/c14-8-6-9(7-4-2-1-3-5-7)20-12(8)18-11(19-20)10(21)13(15,16)17/h1-5,8-10,21H,6H2/t8-,9-,10?/m0/s1. The third-order valence-electron chi connectivity index (χ3n) is 3.42. The lowest BCUT2D eigenvalue weighted by atomic mass is 10.0. The molecule has 1 aromatic carbocycles. The van der Waals surface area contributed by atoms with Crippen molar-refractivity contribution in [2.45, 2.75) is 30.9 Å². The molecule has 4 nitrogen and oxygen atoms in total. The summed E-state index contributed by atoms with van der Waals surface area (Å²) < 4.78 is 52.5. The number of nitrogens with zero attached hydrogens (tertiary/aromatic N) is 3. The Labute approximate surface area is 117 Å². The van der Waals surface area contributed by atoms with E-state index in [9.17, 15) is 22.7 Å². The number of hydrogen-bond acceptors (Lipinski definition) is 3. The smallest absolute Gasteiger partial charge is 0.377 e. The summed E-state index contributed by atoms with van der Waals surface area (Å²) in [7, 11) is 0. The number of hydrogen-bond donors (Lipinski definition) is 1. The average molecular weight is 301 g/mol. The van der Waals surface area contributed by atoms with Crippen LogP contribution >= 0.6 is 0 Å².